The van der Waals surface area contributed by atoms with Crippen LogP contribution >= 0.6 is 31.9 Å². The smallest absolute Gasteiger partial charge is 0.329 e. The van der Waals surface area contributed by atoms with Crippen LogP contribution in [0.15, 0.2) is 86.8 Å². The first-order chi connectivity index (χ1) is 14.5. The highest BCUT2D eigenvalue weighted by atomic mass is 79.9. The molecule has 0 bridgehead atoms. The minimum atomic E-state index is -0.879. The Morgan fingerprint density at radius 2 is 1.60 bits per heavy atom. The molecule has 0 fully saturated rings. The maximum Gasteiger partial charge on any atom is 0.329 e. The molecule has 0 heterocycles. The summed E-state index contributed by atoms with van der Waals surface area (Å²) < 4.78 is 7.56. The van der Waals surface area contributed by atoms with Crippen LogP contribution in [0.5, 0.6) is 5.75 Å². The first kappa shape index (κ1) is 21.7. The number of hydrazone groups is 1. The van der Waals surface area contributed by atoms with Crippen LogP contribution in [0.25, 0.3) is 0 Å². The second-order valence-electron chi connectivity index (χ2n) is 6.12. The van der Waals surface area contributed by atoms with Gasteiger partial charge in [-0.25, -0.2) is 5.43 Å². The quantitative estimate of drug-likeness (QED) is 0.271. The van der Waals surface area contributed by atoms with Crippen molar-refractivity contribution >= 4 is 55.6 Å². The van der Waals surface area contributed by atoms with Crippen LogP contribution < -0.4 is 15.5 Å². The minimum Gasteiger partial charge on any atom is -0.488 e. The topological polar surface area (TPSA) is 79.8 Å². The molecule has 3 aromatic rings. The molecular formula is C22H17Br2N3O3. The predicted molar refractivity (Wildman–Crippen MR) is 123 cm³/mol. The van der Waals surface area contributed by atoms with Crippen LogP contribution in [-0.4, -0.2) is 18.0 Å². The van der Waals surface area contributed by atoms with Gasteiger partial charge in [0.15, 0.2) is 0 Å². The van der Waals surface area contributed by atoms with Crippen LogP contribution in [0.3, 0.4) is 0 Å². The standard InChI is InChI=1S/C22H17Br2N3O3/c23-17-6-9-19(10-7-17)26-21(28)22(29)27-25-13-16-12-18(24)8-11-20(16)30-14-15-4-2-1-3-5-15/h1-13H,14H2,(H,26,28)(H,27,29)/b25-13-. The van der Waals surface area contributed by atoms with Crippen LogP contribution in [0.1, 0.15) is 11.1 Å². The molecule has 30 heavy (non-hydrogen) atoms. The average Bonchev–Trinajstić information content (AvgIpc) is 2.75. The van der Waals surface area contributed by atoms with E-state index in [9.17, 15) is 9.59 Å². The summed E-state index contributed by atoms with van der Waals surface area (Å²) in [6.45, 7) is 0.394. The average molecular weight is 531 g/mol. The summed E-state index contributed by atoms with van der Waals surface area (Å²) in [5.74, 6) is -1.10. The Balaban J connectivity index is 1.60. The highest BCUT2D eigenvalue weighted by molar-refractivity contribution is 9.10. The molecule has 0 saturated carbocycles. The number of halogens is 2. The number of rotatable bonds is 6. The lowest BCUT2D eigenvalue weighted by molar-refractivity contribution is -0.136. The number of nitrogens with zero attached hydrogens (tertiary/aromatic N) is 1. The van der Waals surface area contributed by atoms with Crippen molar-refractivity contribution in [1.29, 1.82) is 0 Å². The molecular weight excluding hydrogens is 514 g/mol. The van der Waals surface area contributed by atoms with Crippen molar-refractivity contribution in [3.05, 3.63) is 92.9 Å². The van der Waals surface area contributed by atoms with E-state index < -0.39 is 11.8 Å². The predicted octanol–water partition coefficient (Wildman–Crippen LogP) is 4.88. The molecule has 2 amide bonds. The van der Waals surface area contributed by atoms with Crippen molar-refractivity contribution in [2.45, 2.75) is 6.61 Å². The van der Waals surface area contributed by atoms with Gasteiger partial charge in [-0.2, -0.15) is 5.10 Å². The van der Waals surface area contributed by atoms with Crippen LogP contribution in [-0.2, 0) is 16.2 Å². The van der Waals surface area contributed by atoms with Gasteiger partial charge in [-0.05, 0) is 48.0 Å². The Kier molecular flexibility index (Phi) is 7.75. The van der Waals surface area contributed by atoms with Crippen molar-refractivity contribution in [2.24, 2.45) is 5.10 Å². The van der Waals surface area contributed by atoms with Gasteiger partial charge in [-0.15, -0.1) is 0 Å². The van der Waals surface area contributed by atoms with Crippen molar-refractivity contribution < 1.29 is 14.3 Å². The highest BCUT2D eigenvalue weighted by Crippen LogP contribution is 2.23. The molecule has 0 spiro atoms. The molecule has 0 saturated heterocycles. The van der Waals surface area contributed by atoms with E-state index in [0.29, 0.717) is 23.6 Å². The Labute approximate surface area is 190 Å². The molecule has 8 heteroatoms. The SMILES string of the molecule is O=C(N/N=C\c1cc(Br)ccc1OCc1ccccc1)C(=O)Nc1ccc(Br)cc1. The number of hydrogen-bond donors (Lipinski definition) is 2. The molecule has 0 aromatic heterocycles. The Bertz CT molecular complexity index is 1050. The first-order valence-corrected chi connectivity index (χ1v) is 10.5. The highest BCUT2D eigenvalue weighted by Gasteiger charge is 2.13. The number of carbonyl (C=O) groups excluding carboxylic acids is 2. The third-order valence-corrected chi connectivity index (χ3v) is 4.91. The molecule has 0 radical (unpaired) electrons. The zero-order chi connectivity index (χ0) is 21.3. The summed E-state index contributed by atoms with van der Waals surface area (Å²) in [5, 5.41) is 6.38. The minimum absolute atomic E-state index is 0.394. The zero-order valence-electron chi connectivity index (χ0n) is 15.6. The Hall–Kier alpha value is -2.97. The second kappa shape index (κ2) is 10.7. The van der Waals surface area contributed by atoms with E-state index in [1.54, 1.807) is 36.4 Å². The number of nitrogens with one attached hydrogen (secondary N) is 2. The molecule has 0 aliphatic carbocycles. The number of anilines is 1. The number of carbonyl (C=O) groups is 2. The van der Waals surface area contributed by atoms with E-state index in [-0.39, 0.29) is 0 Å². The molecule has 152 valence electrons. The molecule has 6 nitrogen and oxygen atoms in total. The Morgan fingerprint density at radius 1 is 0.900 bits per heavy atom. The van der Waals surface area contributed by atoms with Gasteiger partial charge < -0.3 is 10.1 Å². The van der Waals surface area contributed by atoms with Gasteiger partial charge >= 0.3 is 11.8 Å². The van der Waals surface area contributed by atoms with E-state index in [2.05, 4.69) is 47.7 Å². The van der Waals surface area contributed by atoms with Gasteiger partial charge in [0, 0.05) is 20.2 Å². The lowest BCUT2D eigenvalue weighted by atomic mass is 10.2. The summed E-state index contributed by atoms with van der Waals surface area (Å²) in [4.78, 5) is 24.0. The van der Waals surface area contributed by atoms with E-state index >= 15 is 0 Å². The number of ether oxygens (including phenoxy) is 1. The second-order valence-corrected chi connectivity index (χ2v) is 7.95. The maximum absolute atomic E-state index is 12.0. The zero-order valence-corrected chi connectivity index (χ0v) is 18.8. The fourth-order valence-electron chi connectivity index (χ4n) is 2.42. The number of amides is 2. The maximum atomic E-state index is 12.0. The van der Waals surface area contributed by atoms with E-state index in [1.165, 1.54) is 6.21 Å². The molecule has 3 rings (SSSR count). The lowest BCUT2D eigenvalue weighted by Gasteiger charge is -2.09. The Morgan fingerprint density at radius 3 is 2.33 bits per heavy atom. The van der Waals surface area contributed by atoms with Crippen LogP contribution in [0.2, 0.25) is 0 Å². The molecule has 2 N–H and O–H groups in total. The summed E-state index contributed by atoms with van der Waals surface area (Å²) in [6, 6.07) is 22.1. The normalized spacial score (nSPS) is 10.6. The monoisotopic (exact) mass is 529 g/mol. The summed E-state index contributed by atoms with van der Waals surface area (Å²) in [5.41, 5.74) is 4.40. The third-order valence-electron chi connectivity index (χ3n) is 3.89. The molecule has 0 atom stereocenters. The van der Waals surface area contributed by atoms with Crippen molar-refractivity contribution in [1.82, 2.24) is 5.43 Å². The molecule has 0 unspecified atom stereocenters. The largest absolute Gasteiger partial charge is 0.488 e. The van der Waals surface area contributed by atoms with Gasteiger partial charge in [-0.3, -0.25) is 9.59 Å². The molecule has 0 aliphatic heterocycles. The van der Waals surface area contributed by atoms with Crippen molar-refractivity contribution in [3.63, 3.8) is 0 Å². The number of hydrogen-bond acceptors (Lipinski definition) is 4. The fraction of sp³-hybridized carbons (Fsp3) is 0.0455. The fourth-order valence-corrected chi connectivity index (χ4v) is 3.06. The lowest BCUT2D eigenvalue weighted by Crippen LogP contribution is -2.32. The van der Waals surface area contributed by atoms with Crippen molar-refractivity contribution in [2.75, 3.05) is 5.32 Å². The van der Waals surface area contributed by atoms with Crippen molar-refractivity contribution in [3.8, 4) is 5.75 Å². The van der Waals surface area contributed by atoms with Gasteiger partial charge in [-0.1, -0.05) is 62.2 Å². The van der Waals surface area contributed by atoms with Gasteiger partial charge in [0.25, 0.3) is 0 Å². The molecule has 0 aliphatic rings. The van der Waals surface area contributed by atoms with E-state index in [4.69, 9.17) is 4.74 Å². The summed E-state index contributed by atoms with van der Waals surface area (Å²) in [6.07, 6.45) is 1.43. The van der Waals surface area contributed by atoms with Crippen LogP contribution in [0.4, 0.5) is 5.69 Å². The molecule has 3 aromatic carbocycles. The summed E-state index contributed by atoms with van der Waals surface area (Å²) in [7, 11) is 0. The van der Waals surface area contributed by atoms with Crippen LogP contribution in [0, 0.1) is 0 Å². The number of benzene rings is 3. The van der Waals surface area contributed by atoms with Gasteiger partial charge in [0.1, 0.15) is 12.4 Å². The first-order valence-electron chi connectivity index (χ1n) is 8.87. The van der Waals surface area contributed by atoms with E-state index in [1.807, 2.05) is 36.4 Å². The van der Waals surface area contributed by atoms with Gasteiger partial charge in [0.2, 0.25) is 0 Å². The van der Waals surface area contributed by atoms with E-state index in [0.717, 1.165) is 14.5 Å². The third kappa shape index (κ3) is 6.53. The summed E-state index contributed by atoms with van der Waals surface area (Å²) >= 11 is 6.71. The van der Waals surface area contributed by atoms with Gasteiger partial charge in [0.05, 0.1) is 6.21 Å².